The average molecular weight is 174 g/mol. The second-order valence-electron chi connectivity index (χ2n) is 2.58. The maximum absolute atomic E-state index is 5.37. The molecule has 0 heterocycles. The van der Waals surface area contributed by atoms with Crippen molar-refractivity contribution in [2.75, 3.05) is 13.2 Å². The zero-order chi connectivity index (χ0) is 9.40. The maximum atomic E-state index is 5.37. The summed E-state index contributed by atoms with van der Waals surface area (Å²) in [6.07, 6.45) is 1.17. The van der Waals surface area contributed by atoms with E-state index in [0.717, 1.165) is 0 Å². The molecule has 1 atom stereocenters. The number of hydrogen-bond acceptors (Lipinski definition) is 3. The van der Waals surface area contributed by atoms with Crippen LogP contribution in [0.15, 0.2) is 12.8 Å². The van der Waals surface area contributed by atoms with Crippen LogP contribution >= 0.6 is 0 Å². The number of rotatable bonds is 7. The summed E-state index contributed by atoms with van der Waals surface area (Å²) in [5, 5.41) is 0. The summed E-state index contributed by atoms with van der Waals surface area (Å²) in [6, 6.07) is 0. The van der Waals surface area contributed by atoms with E-state index in [4.69, 9.17) is 14.2 Å². The van der Waals surface area contributed by atoms with Crippen molar-refractivity contribution in [1.29, 1.82) is 0 Å². The molecule has 0 saturated heterocycles. The fourth-order valence-corrected chi connectivity index (χ4v) is 0.736. The lowest BCUT2D eigenvalue weighted by atomic mass is 10.5. The molecule has 72 valence electrons. The third-order valence-electron chi connectivity index (χ3n) is 1.13. The highest BCUT2D eigenvalue weighted by Gasteiger charge is 2.09. The van der Waals surface area contributed by atoms with E-state index in [1.54, 1.807) is 0 Å². The van der Waals surface area contributed by atoms with Crippen LogP contribution in [0.25, 0.3) is 0 Å². The summed E-state index contributed by atoms with van der Waals surface area (Å²) < 4.78 is 15.6. The van der Waals surface area contributed by atoms with Crippen molar-refractivity contribution in [3.63, 3.8) is 0 Å². The van der Waals surface area contributed by atoms with E-state index in [1.807, 2.05) is 20.8 Å². The third kappa shape index (κ3) is 6.19. The Morgan fingerprint density at radius 1 is 1.42 bits per heavy atom. The average Bonchev–Trinajstić information content (AvgIpc) is 2.00. The van der Waals surface area contributed by atoms with Crippen molar-refractivity contribution in [3.8, 4) is 0 Å². The molecule has 12 heavy (non-hydrogen) atoms. The highest BCUT2D eigenvalue weighted by molar-refractivity contribution is 4.54. The fourth-order valence-electron chi connectivity index (χ4n) is 0.736. The van der Waals surface area contributed by atoms with Crippen LogP contribution in [0.3, 0.4) is 0 Å². The van der Waals surface area contributed by atoms with Gasteiger partial charge >= 0.3 is 0 Å². The summed E-state index contributed by atoms with van der Waals surface area (Å²) >= 11 is 0. The Hall–Kier alpha value is -0.540. The standard InChI is InChI=1S/C9H18O3/c1-5-10-7-9(11-6-2)12-8(3)4/h6,8-9H,2,5,7H2,1,3-4H3. The predicted molar refractivity (Wildman–Crippen MR) is 47.8 cm³/mol. The lowest BCUT2D eigenvalue weighted by Gasteiger charge is -2.19. The van der Waals surface area contributed by atoms with Gasteiger partial charge in [-0.2, -0.15) is 0 Å². The molecule has 3 nitrogen and oxygen atoms in total. The Morgan fingerprint density at radius 3 is 2.50 bits per heavy atom. The molecule has 0 rings (SSSR count). The van der Waals surface area contributed by atoms with E-state index in [2.05, 4.69) is 6.58 Å². The van der Waals surface area contributed by atoms with E-state index >= 15 is 0 Å². The van der Waals surface area contributed by atoms with Crippen molar-refractivity contribution in [2.24, 2.45) is 0 Å². The zero-order valence-corrected chi connectivity index (χ0v) is 8.08. The van der Waals surface area contributed by atoms with Crippen LogP contribution in [0.2, 0.25) is 0 Å². The smallest absolute Gasteiger partial charge is 0.222 e. The first-order chi connectivity index (χ1) is 5.70. The molecule has 0 amide bonds. The summed E-state index contributed by atoms with van der Waals surface area (Å²) in [5.74, 6) is 0. The minimum Gasteiger partial charge on any atom is -0.471 e. The minimum atomic E-state index is -0.331. The third-order valence-corrected chi connectivity index (χ3v) is 1.13. The lowest BCUT2D eigenvalue weighted by molar-refractivity contribution is -0.161. The first-order valence-corrected chi connectivity index (χ1v) is 4.20. The van der Waals surface area contributed by atoms with Gasteiger partial charge in [-0.1, -0.05) is 6.58 Å². The molecule has 0 aliphatic carbocycles. The largest absolute Gasteiger partial charge is 0.471 e. The monoisotopic (exact) mass is 174 g/mol. The second kappa shape index (κ2) is 7.13. The van der Waals surface area contributed by atoms with Crippen LogP contribution in [0, 0.1) is 0 Å². The van der Waals surface area contributed by atoms with Gasteiger partial charge in [0.1, 0.15) is 6.61 Å². The molecule has 0 aromatic carbocycles. The summed E-state index contributed by atoms with van der Waals surface area (Å²) in [5.41, 5.74) is 0. The van der Waals surface area contributed by atoms with Gasteiger partial charge in [-0.25, -0.2) is 0 Å². The first-order valence-electron chi connectivity index (χ1n) is 4.20. The highest BCUT2D eigenvalue weighted by atomic mass is 16.7. The summed E-state index contributed by atoms with van der Waals surface area (Å²) in [4.78, 5) is 0. The van der Waals surface area contributed by atoms with Crippen LogP contribution < -0.4 is 0 Å². The van der Waals surface area contributed by atoms with Crippen molar-refractivity contribution >= 4 is 0 Å². The van der Waals surface area contributed by atoms with Gasteiger partial charge < -0.3 is 14.2 Å². The molecule has 0 aliphatic rings. The predicted octanol–water partition coefficient (Wildman–Crippen LogP) is 1.93. The van der Waals surface area contributed by atoms with Gasteiger partial charge in [0, 0.05) is 6.61 Å². The van der Waals surface area contributed by atoms with Gasteiger partial charge in [0.25, 0.3) is 0 Å². The van der Waals surface area contributed by atoms with Crippen molar-refractivity contribution in [1.82, 2.24) is 0 Å². The highest BCUT2D eigenvalue weighted by Crippen LogP contribution is 2.01. The van der Waals surface area contributed by atoms with Crippen LogP contribution in [0.5, 0.6) is 0 Å². The lowest BCUT2D eigenvalue weighted by Crippen LogP contribution is -2.24. The maximum Gasteiger partial charge on any atom is 0.222 e. The molecule has 0 N–H and O–H groups in total. The van der Waals surface area contributed by atoms with E-state index in [9.17, 15) is 0 Å². The molecule has 0 aliphatic heterocycles. The van der Waals surface area contributed by atoms with Gasteiger partial charge in [0.15, 0.2) is 0 Å². The van der Waals surface area contributed by atoms with E-state index in [-0.39, 0.29) is 12.4 Å². The molecule has 0 radical (unpaired) electrons. The van der Waals surface area contributed by atoms with Crippen molar-refractivity contribution in [2.45, 2.75) is 33.2 Å². The number of hydrogen-bond donors (Lipinski definition) is 0. The van der Waals surface area contributed by atoms with E-state index in [0.29, 0.717) is 13.2 Å². The first kappa shape index (κ1) is 11.5. The molecule has 0 fully saturated rings. The Balaban J connectivity index is 3.61. The molecular formula is C9H18O3. The SMILES string of the molecule is C=COC(COCC)OC(C)C. The van der Waals surface area contributed by atoms with Crippen LogP contribution in [-0.2, 0) is 14.2 Å². The topological polar surface area (TPSA) is 27.7 Å². The van der Waals surface area contributed by atoms with Gasteiger partial charge in [-0.3, -0.25) is 0 Å². The molecule has 0 bridgehead atoms. The normalized spacial score (nSPS) is 13.0. The Kier molecular flexibility index (Phi) is 6.81. The molecular weight excluding hydrogens is 156 g/mol. The molecule has 3 heteroatoms. The van der Waals surface area contributed by atoms with Gasteiger partial charge in [0.05, 0.1) is 12.4 Å². The van der Waals surface area contributed by atoms with E-state index < -0.39 is 0 Å². The Morgan fingerprint density at radius 2 is 2.08 bits per heavy atom. The van der Waals surface area contributed by atoms with Crippen LogP contribution in [0.1, 0.15) is 20.8 Å². The van der Waals surface area contributed by atoms with Gasteiger partial charge in [-0.15, -0.1) is 0 Å². The second-order valence-corrected chi connectivity index (χ2v) is 2.58. The molecule has 1 unspecified atom stereocenters. The van der Waals surface area contributed by atoms with Gasteiger partial charge in [0.2, 0.25) is 6.29 Å². The van der Waals surface area contributed by atoms with Crippen molar-refractivity contribution < 1.29 is 14.2 Å². The molecule has 0 aromatic heterocycles. The van der Waals surface area contributed by atoms with E-state index in [1.165, 1.54) is 6.26 Å². The Bertz CT molecular complexity index is 112. The number of ether oxygens (including phenoxy) is 3. The van der Waals surface area contributed by atoms with Crippen molar-refractivity contribution in [3.05, 3.63) is 12.8 Å². The summed E-state index contributed by atoms with van der Waals surface area (Å²) in [6.45, 7) is 10.4. The fraction of sp³-hybridized carbons (Fsp3) is 0.778. The Labute approximate surface area is 74.3 Å². The molecule has 0 aromatic rings. The quantitative estimate of drug-likeness (QED) is 0.436. The van der Waals surface area contributed by atoms with Gasteiger partial charge in [-0.05, 0) is 20.8 Å². The molecule has 0 saturated carbocycles. The zero-order valence-electron chi connectivity index (χ0n) is 8.08. The van der Waals surface area contributed by atoms with Crippen LogP contribution in [0.4, 0.5) is 0 Å². The minimum absolute atomic E-state index is 0.135. The van der Waals surface area contributed by atoms with Crippen LogP contribution in [-0.4, -0.2) is 25.6 Å². The summed E-state index contributed by atoms with van der Waals surface area (Å²) in [7, 11) is 0. The molecule has 0 spiro atoms.